The number of amides is 1. The molecule has 2 N–H and O–H groups in total. The number of rotatable bonds is 7. The SMILES string of the molecule is CCc1nn(C)cc1C(=O)NCCCNC1CC1. The number of hydrogen-bond acceptors (Lipinski definition) is 3. The van der Waals surface area contributed by atoms with Crippen LogP contribution in [0.4, 0.5) is 0 Å². The molecule has 0 unspecified atom stereocenters. The van der Waals surface area contributed by atoms with Crippen LogP contribution >= 0.6 is 0 Å². The van der Waals surface area contributed by atoms with Crippen LogP contribution in [0.1, 0.15) is 42.2 Å². The number of carbonyl (C=O) groups is 1. The summed E-state index contributed by atoms with van der Waals surface area (Å²) in [7, 11) is 1.84. The van der Waals surface area contributed by atoms with Gasteiger partial charge in [0.15, 0.2) is 0 Å². The predicted molar refractivity (Wildman–Crippen MR) is 70.6 cm³/mol. The summed E-state index contributed by atoms with van der Waals surface area (Å²) >= 11 is 0. The van der Waals surface area contributed by atoms with Gasteiger partial charge in [0.05, 0.1) is 11.3 Å². The maximum absolute atomic E-state index is 12.0. The molecule has 1 aromatic heterocycles. The molecule has 1 heterocycles. The molecule has 5 nitrogen and oxygen atoms in total. The molecule has 18 heavy (non-hydrogen) atoms. The van der Waals surface area contributed by atoms with E-state index in [0.29, 0.717) is 5.56 Å². The van der Waals surface area contributed by atoms with Gasteiger partial charge in [0.25, 0.3) is 5.91 Å². The van der Waals surface area contributed by atoms with Crippen molar-refractivity contribution in [2.45, 2.75) is 38.6 Å². The molecule has 0 saturated heterocycles. The van der Waals surface area contributed by atoms with E-state index in [2.05, 4.69) is 15.7 Å². The first-order chi connectivity index (χ1) is 8.70. The minimum absolute atomic E-state index is 0.00799. The summed E-state index contributed by atoms with van der Waals surface area (Å²) in [4.78, 5) is 12.0. The van der Waals surface area contributed by atoms with Crippen LogP contribution in [0.25, 0.3) is 0 Å². The minimum Gasteiger partial charge on any atom is -0.352 e. The molecular weight excluding hydrogens is 228 g/mol. The quantitative estimate of drug-likeness (QED) is 0.706. The van der Waals surface area contributed by atoms with E-state index >= 15 is 0 Å². The fraction of sp³-hybridized carbons (Fsp3) is 0.692. The fourth-order valence-corrected chi connectivity index (χ4v) is 1.96. The van der Waals surface area contributed by atoms with Crippen molar-refractivity contribution in [1.29, 1.82) is 0 Å². The molecule has 0 bridgehead atoms. The van der Waals surface area contributed by atoms with E-state index in [1.165, 1.54) is 12.8 Å². The highest BCUT2D eigenvalue weighted by molar-refractivity contribution is 5.95. The number of carbonyl (C=O) groups excluding carboxylic acids is 1. The molecule has 1 amide bonds. The Labute approximate surface area is 108 Å². The lowest BCUT2D eigenvalue weighted by Crippen LogP contribution is -2.28. The summed E-state index contributed by atoms with van der Waals surface area (Å²) in [6, 6.07) is 0.741. The van der Waals surface area contributed by atoms with Crippen LogP contribution in [0.5, 0.6) is 0 Å². The molecule has 1 aliphatic rings. The van der Waals surface area contributed by atoms with Gasteiger partial charge in [0, 0.05) is 25.8 Å². The van der Waals surface area contributed by atoms with Crippen LogP contribution in [0.3, 0.4) is 0 Å². The zero-order valence-corrected chi connectivity index (χ0v) is 11.2. The van der Waals surface area contributed by atoms with Crippen LogP contribution in [0, 0.1) is 0 Å². The second-order valence-electron chi connectivity index (χ2n) is 4.85. The van der Waals surface area contributed by atoms with Crippen LogP contribution in [0.2, 0.25) is 0 Å². The minimum atomic E-state index is -0.00799. The molecule has 2 rings (SSSR count). The normalized spacial score (nSPS) is 14.8. The second-order valence-corrected chi connectivity index (χ2v) is 4.85. The van der Waals surface area contributed by atoms with Crippen molar-refractivity contribution in [2.75, 3.05) is 13.1 Å². The zero-order valence-electron chi connectivity index (χ0n) is 11.2. The highest BCUT2D eigenvalue weighted by Crippen LogP contribution is 2.18. The molecule has 0 atom stereocenters. The van der Waals surface area contributed by atoms with Gasteiger partial charge in [-0.3, -0.25) is 9.48 Å². The smallest absolute Gasteiger partial charge is 0.254 e. The Morgan fingerprint density at radius 1 is 1.50 bits per heavy atom. The van der Waals surface area contributed by atoms with Crippen LogP contribution in [-0.2, 0) is 13.5 Å². The number of aromatic nitrogens is 2. The van der Waals surface area contributed by atoms with E-state index in [4.69, 9.17) is 0 Å². The molecular formula is C13H22N4O. The van der Waals surface area contributed by atoms with Crippen molar-refractivity contribution in [3.8, 4) is 0 Å². The summed E-state index contributed by atoms with van der Waals surface area (Å²) in [5.74, 6) is -0.00799. The van der Waals surface area contributed by atoms with E-state index < -0.39 is 0 Å². The third-order valence-electron chi connectivity index (χ3n) is 3.13. The van der Waals surface area contributed by atoms with Crippen molar-refractivity contribution >= 4 is 5.91 Å². The average Bonchev–Trinajstić information content (AvgIpc) is 3.10. The first-order valence-electron chi connectivity index (χ1n) is 6.74. The van der Waals surface area contributed by atoms with Crippen molar-refractivity contribution < 1.29 is 4.79 Å². The lowest BCUT2D eigenvalue weighted by Gasteiger charge is -2.05. The number of nitrogens with zero attached hydrogens (tertiary/aromatic N) is 2. The Balaban J connectivity index is 1.72. The van der Waals surface area contributed by atoms with Crippen molar-refractivity contribution in [3.63, 3.8) is 0 Å². The number of hydrogen-bond donors (Lipinski definition) is 2. The number of nitrogens with one attached hydrogen (secondary N) is 2. The van der Waals surface area contributed by atoms with Gasteiger partial charge in [0.2, 0.25) is 0 Å². The first kappa shape index (κ1) is 13.1. The summed E-state index contributed by atoms with van der Waals surface area (Å²) in [6.07, 6.45) is 6.16. The summed E-state index contributed by atoms with van der Waals surface area (Å²) < 4.78 is 1.70. The van der Waals surface area contributed by atoms with Crippen molar-refractivity contribution in [2.24, 2.45) is 7.05 Å². The second kappa shape index (κ2) is 6.00. The summed E-state index contributed by atoms with van der Waals surface area (Å²) in [5.41, 5.74) is 1.57. The fourth-order valence-electron chi connectivity index (χ4n) is 1.96. The molecule has 5 heteroatoms. The monoisotopic (exact) mass is 250 g/mol. The van der Waals surface area contributed by atoms with Gasteiger partial charge in [-0.15, -0.1) is 0 Å². The zero-order chi connectivity index (χ0) is 13.0. The van der Waals surface area contributed by atoms with E-state index in [0.717, 1.165) is 37.7 Å². The van der Waals surface area contributed by atoms with Gasteiger partial charge in [-0.25, -0.2) is 0 Å². The third kappa shape index (κ3) is 3.57. The standard InChI is InChI=1S/C13H22N4O/c1-3-12-11(9-17(2)16-12)13(18)15-8-4-7-14-10-5-6-10/h9-10,14H,3-8H2,1-2H3,(H,15,18). The van der Waals surface area contributed by atoms with Gasteiger partial charge < -0.3 is 10.6 Å². The van der Waals surface area contributed by atoms with E-state index in [9.17, 15) is 4.79 Å². The molecule has 0 spiro atoms. The van der Waals surface area contributed by atoms with Gasteiger partial charge in [-0.05, 0) is 32.2 Å². The molecule has 1 saturated carbocycles. The van der Waals surface area contributed by atoms with E-state index in [-0.39, 0.29) is 5.91 Å². The first-order valence-corrected chi connectivity index (χ1v) is 6.74. The Morgan fingerprint density at radius 3 is 2.94 bits per heavy atom. The highest BCUT2D eigenvalue weighted by atomic mass is 16.1. The van der Waals surface area contributed by atoms with E-state index in [1.807, 2.05) is 14.0 Å². The molecule has 100 valence electrons. The largest absolute Gasteiger partial charge is 0.352 e. The van der Waals surface area contributed by atoms with Gasteiger partial charge in [-0.1, -0.05) is 6.92 Å². The Hall–Kier alpha value is -1.36. The third-order valence-corrected chi connectivity index (χ3v) is 3.13. The molecule has 0 aromatic carbocycles. The van der Waals surface area contributed by atoms with E-state index in [1.54, 1.807) is 10.9 Å². The maximum atomic E-state index is 12.0. The Morgan fingerprint density at radius 2 is 2.28 bits per heavy atom. The summed E-state index contributed by atoms with van der Waals surface area (Å²) in [5, 5.41) is 10.6. The summed E-state index contributed by atoms with van der Waals surface area (Å²) in [6.45, 7) is 3.72. The molecule has 1 aromatic rings. The van der Waals surface area contributed by atoms with Gasteiger partial charge >= 0.3 is 0 Å². The lowest BCUT2D eigenvalue weighted by molar-refractivity contribution is 0.0952. The maximum Gasteiger partial charge on any atom is 0.254 e. The van der Waals surface area contributed by atoms with Gasteiger partial charge in [0.1, 0.15) is 0 Å². The average molecular weight is 250 g/mol. The van der Waals surface area contributed by atoms with Gasteiger partial charge in [-0.2, -0.15) is 5.10 Å². The van der Waals surface area contributed by atoms with Crippen LogP contribution < -0.4 is 10.6 Å². The molecule has 1 aliphatic carbocycles. The topological polar surface area (TPSA) is 59.0 Å². The Bertz CT molecular complexity index is 409. The molecule has 0 aliphatic heterocycles. The molecule has 1 fully saturated rings. The molecule has 0 radical (unpaired) electrons. The van der Waals surface area contributed by atoms with Crippen LogP contribution in [0.15, 0.2) is 6.20 Å². The number of aryl methyl sites for hydroxylation is 2. The highest BCUT2D eigenvalue weighted by Gasteiger charge is 2.19. The lowest BCUT2D eigenvalue weighted by atomic mass is 10.2. The van der Waals surface area contributed by atoms with Crippen LogP contribution in [-0.4, -0.2) is 34.8 Å². The van der Waals surface area contributed by atoms with Crippen molar-refractivity contribution in [1.82, 2.24) is 20.4 Å². The van der Waals surface area contributed by atoms with Crippen molar-refractivity contribution in [3.05, 3.63) is 17.5 Å². The Kier molecular flexibility index (Phi) is 4.36. The predicted octanol–water partition coefficient (Wildman–Crippen LogP) is 0.854.